The topological polar surface area (TPSA) is 46.4 Å². The third kappa shape index (κ3) is 7.78. The van der Waals surface area contributed by atoms with Crippen LogP contribution in [0.1, 0.15) is 87.5 Å². The van der Waals surface area contributed by atoms with Crippen LogP contribution in [0.15, 0.2) is 60.0 Å². The molecule has 4 nitrogen and oxygen atoms in total. The van der Waals surface area contributed by atoms with Crippen molar-refractivity contribution in [3.63, 3.8) is 0 Å². The van der Waals surface area contributed by atoms with Gasteiger partial charge in [0.05, 0.1) is 0 Å². The molecule has 2 aromatic carbocycles. The first-order valence-corrected chi connectivity index (χ1v) is 23.7. The van der Waals surface area contributed by atoms with Gasteiger partial charge in [0, 0.05) is 0 Å². The maximum absolute atomic E-state index is 14.3. The molecular weight excluding hydrogens is 609 g/mol. The number of nitrogens with zero attached hydrogens (tertiary/aromatic N) is 1. The molecule has 1 heterocycles. The van der Waals surface area contributed by atoms with Gasteiger partial charge in [-0.1, -0.05) is 0 Å². The summed E-state index contributed by atoms with van der Waals surface area (Å²) in [6, 6.07) is 13.8. The standard InChI is InChI=1S/C21H24NO3S.3C4H9.Sn/c1-5-18(17-9-7-6-8-10-17)20-19(13-23)22(20)26(24,25)21-15(3)11-14(2)12-16(21)4;3*1-3-4-2;/h5-12,18-20H,1,13H2,2-4H3;3*1,3-4H2,2H3;/q-1;;;;+1/t18?,19-,20-,22?;;;;/m0..../s1. The summed E-state index contributed by atoms with van der Waals surface area (Å²) < 4.78 is 41.3. The zero-order valence-electron chi connectivity index (χ0n) is 25.2. The summed E-state index contributed by atoms with van der Waals surface area (Å²) in [7, 11) is -3.69. The van der Waals surface area contributed by atoms with Gasteiger partial charge in [-0.25, -0.2) is 0 Å². The van der Waals surface area contributed by atoms with Crippen LogP contribution in [-0.2, 0) is 13.1 Å². The Balaban J connectivity index is 1.99. The van der Waals surface area contributed by atoms with E-state index < -0.39 is 28.8 Å². The van der Waals surface area contributed by atoms with Gasteiger partial charge in [0.2, 0.25) is 0 Å². The maximum atomic E-state index is 14.3. The van der Waals surface area contributed by atoms with Gasteiger partial charge >= 0.3 is 245 Å². The normalized spacial score (nSPS) is 20.1. The van der Waals surface area contributed by atoms with Crippen LogP contribution in [0, 0.1) is 20.8 Å². The van der Waals surface area contributed by atoms with E-state index in [0.29, 0.717) is 11.5 Å². The Morgan fingerprint density at radius 2 is 1.44 bits per heavy atom. The van der Waals surface area contributed by atoms with Crippen molar-refractivity contribution < 1.29 is 11.5 Å². The Morgan fingerprint density at radius 1 is 0.923 bits per heavy atom. The van der Waals surface area contributed by atoms with Crippen LogP contribution in [-0.4, -0.2) is 50.2 Å². The molecule has 0 aromatic heterocycles. The zero-order valence-corrected chi connectivity index (χ0v) is 28.9. The molecule has 1 saturated heterocycles. The average Bonchev–Trinajstić information content (AvgIpc) is 3.63. The molecule has 39 heavy (non-hydrogen) atoms. The summed E-state index contributed by atoms with van der Waals surface area (Å²) >= 11 is -2.90. The predicted octanol–water partition coefficient (Wildman–Crippen LogP) is 8.69. The molecule has 0 bridgehead atoms. The Hall–Kier alpha value is -1.15. The Morgan fingerprint density at radius 3 is 1.90 bits per heavy atom. The fourth-order valence-corrected chi connectivity index (χ4v) is 22.0. The van der Waals surface area contributed by atoms with Gasteiger partial charge in [-0.2, -0.15) is 0 Å². The van der Waals surface area contributed by atoms with E-state index in [1.54, 1.807) is 4.31 Å². The van der Waals surface area contributed by atoms with E-state index in [0.717, 1.165) is 22.3 Å². The van der Waals surface area contributed by atoms with Crippen molar-refractivity contribution >= 4 is 28.8 Å². The minimum atomic E-state index is -3.69. The quantitative estimate of drug-likeness (QED) is 0.0970. The number of sulfonamides is 1. The molecule has 0 N–H and O–H groups in total. The van der Waals surface area contributed by atoms with Crippen molar-refractivity contribution in [1.29, 1.82) is 0 Å². The number of hydrogen-bond acceptors (Lipinski definition) is 3. The molecule has 6 heteroatoms. The molecule has 1 aliphatic heterocycles. The van der Waals surface area contributed by atoms with Crippen molar-refractivity contribution in [3.8, 4) is 0 Å². The number of benzene rings is 2. The number of rotatable bonds is 17. The fraction of sp³-hybridized carbons (Fsp3) is 0.576. The van der Waals surface area contributed by atoms with Crippen molar-refractivity contribution in [2.75, 3.05) is 6.61 Å². The van der Waals surface area contributed by atoms with Gasteiger partial charge in [-0.3, -0.25) is 0 Å². The van der Waals surface area contributed by atoms with Crippen LogP contribution in [0.2, 0.25) is 13.3 Å². The monoisotopic (exact) mass is 661 g/mol. The number of aryl methyl sites for hydroxylation is 3. The predicted molar refractivity (Wildman–Crippen MR) is 167 cm³/mol. The first-order valence-electron chi connectivity index (χ1n) is 15.1. The summed E-state index contributed by atoms with van der Waals surface area (Å²) in [4.78, 5) is 0.453. The zero-order chi connectivity index (χ0) is 28.6. The molecule has 1 aliphatic rings. The van der Waals surface area contributed by atoms with E-state index in [9.17, 15) is 8.42 Å². The molecule has 0 spiro atoms. The Labute approximate surface area is 243 Å². The third-order valence-electron chi connectivity index (χ3n) is 8.39. The van der Waals surface area contributed by atoms with Gasteiger partial charge in [0.1, 0.15) is 0 Å². The second-order valence-corrected chi connectivity index (χ2v) is 25.2. The molecule has 0 amide bonds. The van der Waals surface area contributed by atoms with Crippen LogP contribution in [0.3, 0.4) is 0 Å². The van der Waals surface area contributed by atoms with E-state index in [4.69, 9.17) is 3.07 Å². The molecule has 4 atom stereocenters. The summed E-state index contributed by atoms with van der Waals surface area (Å²) in [5.74, 6) is -0.0767. The molecule has 2 unspecified atom stereocenters. The molecule has 0 radical (unpaired) electrons. The second-order valence-electron chi connectivity index (χ2n) is 11.6. The average molecular weight is 661 g/mol. The van der Waals surface area contributed by atoms with Gasteiger partial charge in [-0.15, -0.1) is 0 Å². The fourth-order valence-electron chi connectivity index (χ4n) is 6.36. The van der Waals surface area contributed by atoms with Crippen LogP contribution >= 0.6 is 0 Å². The third-order valence-corrected chi connectivity index (χ3v) is 23.7. The summed E-state index contributed by atoms with van der Waals surface area (Å²) in [6.45, 7) is 17.3. The molecule has 0 saturated carbocycles. The SMILES string of the molecule is C=CC(c1ccccc1)[C@H]1[C@H](C[O][Sn]([CH2]CCC)([CH2]CCC)[CH2]CCC)N1S(=O)(=O)c1c(C)cc(C)cc1C. The van der Waals surface area contributed by atoms with E-state index in [1.807, 2.05) is 57.2 Å². The summed E-state index contributed by atoms with van der Waals surface area (Å²) in [5.41, 5.74) is 3.82. The Kier molecular flexibility index (Phi) is 12.2. The van der Waals surface area contributed by atoms with Gasteiger partial charge in [0.15, 0.2) is 0 Å². The van der Waals surface area contributed by atoms with E-state index in [2.05, 4.69) is 39.5 Å². The molecule has 216 valence electrons. The van der Waals surface area contributed by atoms with Gasteiger partial charge in [0.25, 0.3) is 0 Å². The minimum absolute atomic E-state index is 0.0767. The molecule has 2 aromatic rings. The van der Waals surface area contributed by atoms with E-state index >= 15 is 0 Å². The van der Waals surface area contributed by atoms with Crippen molar-refractivity contribution in [1.82, 2.24) is 4.31 Å². The molecule has 0 aliphatic carbocycles. The van der Waals surface area contributed by atoms with Crippen LogP contribution in [0.4, 0.5) is 0 Å². The van der Waals surface area contributed by atoms with Crippen LogP contribution in [0.25, 0.3) is 0 Å². The first-order chi connectivity index (χ1) is 18.7. The summed E-state index contributed by atoms with van der Waals surface area (Å²) in [6.07, 6.45) is 9.16. The molecule has 1 fully saturated rings. The van der Waals surface area contributed by atoms with Crippen molar-refractivity contribution in [3.05, 3.63) is 77.4 Å². The van der Waals surface area contributed by atoms with Crippen molar-refractivity contribution in [2.45, 2.75) is 116 Å². The molecular formula is C33H51NO3SSn. The van der Waals surface area contributed by atoms with E-state index in [-0.39, 0.29) is 18.0 Å². The van der Waals surface area contributed by atoms with Crippen molar-refractivity contribution in [2.24, 2.45) is 0 Å². The van der Waals surface area contributed by atoms with Crippen LogP contribution < -0.4 is 0 Å². The van der Waals surface area contributed by atoms with Gasteiger partial charge < -0.3 is 0 Å². The van der Waals surface area contributed by atoms with Crippen LogP contribution in [0.5, 0.6) is 0 Å². The molecule has 3 rings (SSSR count). The Bertz CT molecular complexity index is 1140. The second kappa shape index (κ2) is 14.7. The van der Waals surface area contributed by atoms with Gasteiger partial charge in [-0.05, 0) is 0 Å². The number of hydrogen-bond donors (Lipinski definition) is 0. The summed E-state index contributed by atoms with van der Waals surface area (Å²) in [5, 5.41) is 0. The van der Waals surface area contributed by atoms with E-state index in [1.165, 1.54) is 51.8 Å². The number of unbranched alkanes of at least 4 members (excludes halogenated alkanes) is 3. The first kappa shape index (κ1) is 32.4.